The van der Waals surface area contributed by atoms with Gasteiger partial charge in [0.1, 0.15) is 12.4 Å². The zero-order chi connectivity index (χ0) is 13.9. The molecular formula is C14H22N4OS. The lowest BCUT2D eigenvalue weighted by molar-refractivity contribution is 0.299. The first kappa shape index (κ1) is 13.9. The van der Waals surface area contributed by atoms with Crippen LogP contribution in [0.25, 0.3) is 0 Å². The molecule has 0 radical (unpaired) electrons. The van der Waals surface area contributed by atoms with E-state index in [0.717, 1.165) is 43.7 Å². The molecule has 0 aliphatic carbocycles. The van der Waals surface area contributed by atoms with Crippen LogP contribution in [-0.4, -0.2) is 55.3 Å². The maximum Gasteiger partial charge on any atom is 0.188 e. The van der Waals surface area contributed by atoms with Crippen LogP contribution in [-0.2, 0) is 4.74 Å². The van der Waals surface area contributed by atoms with Crippen molar-refractivity contribution in [3.8, 4) is 0 Å². The maximum absolute atomic E-state index is 5.78. The van der Waals surface area contributed by atoms with E-state index in [0.29, 0.717) is 18.4 Å². The molecule has 3 aliphatic heterocycles. The highest BCUT2D eigenvalue weighted by Crippen LogP contribution is 2.32. The summed E-state index contributed by atoms with van der Waals surface area (Å²) in [4.78, 5) is 13.8. The van der Waals surface area contributed by atoms with E-state index in [9.17, 15) is 0 Å². The Kier molecular flexibility index (Phi) is 4.29. The van der Waals surface area contributed by atoms with Crippen LogP contribution in [0.4, 0.5) is 0 Å². The molecular weight excluding hydrogens is 272 g/mol. The standard InChI is InChI=1S/C14H22N4OS/c1-9(12-15-3-4-16-12)11(13-17-5-7-19-13)10(2)14-18-6-8-20-14/h9-11H,3-8H2,1-2H3,(H,15,16). The Bertz CT molecular complexity index is 430. The molecule has 3 atom stereocenters. The molecule has 0 bridgehead atoms. The second-order valence-electron chi connectivity index (χ2n) is 5.43. The number of amidine groups is 1. The highest BCUT2D eigenvalue weighted by atomic mass is 32.2. The molecule has 3 rings (SSSR count). The molecule has 0 saturated carbocycles. The number of nitrogens with zero attached hydrogens (tertiary/aromatic N) is 3. The van der Waals surface area contributed by atoms with Gasteiger partial charge in [-0.1, -0.05) is 13.8 Å². The lowest BCUT2D eigenvalue weighted by Gasteiger charge is -2.29. The fourth-order valence-electron chi connectivity index (χ4n) is 3.09. The molecule has 0 amide bonds. The van der Waals surface area contributed by atoms with Gasteiger partial charge in [0.05, 0.1) is 24.1 Å². The van der Waals surface area contributed by atoms with E-state index >= 15 is 0 Å². The van der Waals surface area contributed by atoms with Gasteiger partial charge in [0.15, 0.2) is 5.90 Å². The van der Waals surface area contributed by atoms with Gasteiger partial charge in [0.2, 0.25) is 0 Å². The number of ether oxygens (including phenoxy) is 1. The van der Waals surface area contributed by atoms with Gasteiger partial charge >= 0.3 is 0 Å². The Morgan fingerprint density at radius 2 is 2.00 bits per heavy atom. The van der Waals surface area contributed by atoms with Crippen LogP contribution < -0.4 is 5.32 Å². The number of thioether (sulfide) groups is 1. The molecule has 0 fully saturated rings. The number of hydrogen-bond donors (Lipinski definition) is 1. The van der Waals surface area contributed by atoms with E-state index in [1.807, 2.05) is 11.8 Å². The average Bonchev–Trinajstić information content (AvgIpc) is 3.20. The van der Waals surface area contributed by atoms with Crippen LogP contribution in [0.3, 0.4) is 0 Å². The summed E-state index contributed by atoms with van der Waals surface area (Å²) in [5.74, 6) is 3.99. The first-order valence-electron chi connectivity index (χ1n) is 7.40. The molecule has 0 spiro atoms. The Labute approximate surface area is 124 Å². The van der Waals surface area contributed by atoms with Crippen molar-refractivity contribution in [3.05, 3.63) is 0 Å². The molecule has 3 unspecified atom stereocenters. The van der Waals surface area contributed by atoms with Crippen molar-refractivity contribution in [2.24, 2.45) is 32.7 Å². The summed E-state index contributed by atoms with van der Waals surface area (Å²) in [6.45, 7) is 8.74. The summed E-state index contributed by atoms with van der Waals surface area (Å²) in [6, 6.07) is 0. The minimum absolute atomic E-state index is 0.242. The third kappa shape index (κ3) is 2.71. The quantitative estimate of drug-likeness (QED) is 0.835. The highest BCUT2D eigenvalue weighted by Gasteiger charge is 2.37. The molecule has 3 aliphatic rings. The molecule has 0 aromatic heterocycles. The summed E-state index contributed by atoms with van der Waals surface area (Å²) in [7, 11) is 0. The zero-order valence-electron chi connectivity index (χ0n) is 12.1. The van der Waals surface area contributed by atoms with Gasteiger partial charge in [-0.15, -0.1) is 11.8 Å². The number of hydrogen-bond acceptors (Lipinski definition) is 6. The van der Waals surface area contributed by atoms with Gasteiger partial charge in [0, 0.05) is 30.7 Å². The van der Waals surface area contributed by atoms with Crippen LogP contribution in [0.1, 0.15) is 13.8 Å². The smallest absolute Gasteiger partial charge is 0.188 e. The molecule has 110 valence electrons. The Hall–Kier alpha value is -1.04. The van der Waals surface area contributed by atoms with Crippen LogP contribution in [0.2, 0.25) is 0 Å². The lowest BCUT2D eigenvalue weighted by atomic mass is 9.82. The number of rotatable bonds is 5. The Morgan fingerprint density at radius 3 is 2.60 bits per heavy atom. The van der Waals surface area contributed by atoms with E-state index in [1.54, 1.807) is 0 Å². The summed E-state index contributed by atoms with van der Waals surface area (Å²) in [6.07, 6.45) is 0. The van der Waals surface area contributed by atoms with E-state index in [-0.39, 0.29) is 5.92 Å². The van der Waals surface area contributed by atoms with Crippen molar-refractivity contribution in [2.45, 2.75) is 13.8 Å². The van der Waals surface area contributed by atoms with Gasteiger partial charge in [-0.25, -0.2) is 0 Å². The predicted molar refractivity (Wildman–Crippen MR) is 85.1 cm³/mol. The zero-order valence-corrected chi connectivity index (χ0v) is 12.9. The molecule has 20 heavy (non-hydrogen) atoms. The number of nitrogens with one attached hydrogen (secondary N) is 1. The summed E-state index contributed by atoms with van der Waals surface area (Å²) >= 11 is 1.88. The molecule has 1 N–H and O–H groups in total. The van der Waals surface area contributed by atoms with E-state index in [1.165, 1.54) is 5.04 Å². The fourth-order valence-corrected chi connectivity index (χ4v) is 4.07. The monoisotopic (exact) mass is 294 g/mol. The minimum atomic E-state index is 0.242. The van der Waals surface area contributed by atoms with Crippen molar-refractivity contribution >= 4 is 28.5 Å². The lowest BCUT2D eigenvalue weighted by Crippen LogP contribution is -2.39. The molecule has 5 nitrogen and oxygen atoms in total. The molecule has 0 aromatic rings. The summed E-state index contributed by atoms with van der Waals surface area (Å²) < 4.78 is 5.78. The van der Waals surface area contributed by atoms with E-state index < -0.39 is 0 Å². The van der Waals surface area contributed by atoms with Crippen molar-refractivity contribution in [3.63, 3.8) is 0 Å². The van der Waals surface area contributed by atoms with Crippen LogP contribution in [0.5, 0.6) is 0 Å². The topological polar surface area (TPSA) is 58.3 Å². The normalized spacial score (nSPS) is 26.2. The third-order valence-electron chi connectivity index (χ3n) is 4.10. The van der Waals surface area contributed by atoms with Crippen molar-refractivity contribution in [1.29, 1.82) is 0 Å². The number of aliphatic imine (C=N–C) groups is 3. The molecule has 3 heterocycles. The van der Waals surface area contributed by atoms with E-state index in [2.05, 4.69) is 34.1 Å². The van der Waals surface area contributed by atoms with Crippen molar-refractivity contribution in [1.82, 2.24) is 5.32 Å². The largest absolute Gasteiger partial charge is 0.479 e. The Morgan fingerprint density at radius 1 is 1.10 bits per heavy atom. The molecule has 0 aromatic carbocycles. The van der Waals surface area contributed by atoms with Gasteiger partial charge in [0.25, 0.3) is 0 Å². The average molecular weight is 294 g/mol. The SMILES string of the molecule is CC(C1=NCCN1)C(C1=NCCO1)C(C)C1=NCCS1. The third-order valence-corrected chi connectivity index (χ3v) is 5.28. The van der Waals surface area contributed by atoms with Gasteiger partial charge in [-0.2, -0.15) is 0 Å². The highest BCUT2D eigenvalue weighted by molar-refractivity contribution is 8.14. The van der Waals surface area contributed by atoms with Gasteiger partial charge in [-0.3, -0.25) is 15.0 Å². The Balaban J connectivity index is 1.82. The van der Waals surface area contributed by atoms with Crippen LogP contribution in [0, 0.1) is 17.8 Å². The first-order chi connectivity index (χ1) is 9.77. The van der Waals surface area contributed by atoms with Gasteiger partial charge in [-0.05, 0) is 0 Å². The first-order valence-corrected chi connectivity index (χ1v) is 8.38. The maximum atomic E-state index is 5.78. The fraction of sp³-hybridized carbons (Fsp3) is 0.786. The summed E-state index contributed by atoms with van der Waals surface area (Å²) in [5, 5.41) is 4.65. The predicted octanol–water partition coefficient (Wildman–Crippen LogP) is 1.45. The minimum Gasteiger partial charge on any atom is -0.479 e. The molecule has 0 saturated heterocycles. The van der Waals surface area contributed by atoms with Gasteiger partial charge < -0.3 is 10.1 Å². The summed E-state index contributed by atoms with van der Waals surface area (Å²) in [5.41, 5.74) is 0. The second-order valence-corrected chi connectivity index (χ2v) is 6.55. The molecule has 6 heteroatoms. The van der Waals surface area contributed by atoms with Crippen LogP contribution in [0.15, 0.2) is 15.0 Å². The van der Waals surface area contributed by atoms with Crippen molar-refractivity contribution < 1.29 is 4.74 Å². The van der Waals surface area contributed by atoms with E-state index in [4.69, 9.17) is 4.74 Å². The van der Waals surface area contributed by atoms with Crippen LogP contribution >= 0.6 is 11.8 Å². The van der Waals surface area contributed by atoms with Crippen molar-refractivity contribution in [2.75, 3.05) is 38.5 Å². The second kappa shape index (κ2) is 6.16.